The van der Waals surface area contributed by atoms with Crippen molar-refractivity contribution in [1.82, 2.24) is 4.90 Å². The number of sulfone groups is 1. The Kier molecular flexibility index (Phi) is 7.60. The number of carbonyl (C=O) groups is 2. The van der Waals surface area contributed by atoms with Crippen molar-refractivity contribution >= 4 is 21.7 Å². The van der Waals surface area contributed by atoms with Gasteiger partial charge in [-0.05, 0) is 51.8 Å². The van der Waals surface area contributed by atoms with Crippen molar-refractivity contribution < 1.29 is 27.5 Å². The Labute approximate surface area is 166 Å². The van der Waals surface area contributed by atoms with Crippen LogP contribution in [0.5, 0.6) is 0 Å². The van der Waals surface area contributed by atoms with E-state index in [0.717, 1.165) is 5.56 Å². The molecule has 0 N–H and O–H groups in total. The molecule has 0 bridgehead atoms. The van der Waals surface area contributed by atoms with Crippen molar-refractivity contribution in [2.75, 3.05) is 18.1 Å². The van der Waals surface area contributed by atoms with Crippen LogP contribution in [0.1, 0.15) is 50.0 Å². The molecule has 0 spiro atoms. The second kappa shape index (κ2) is 9.52. The summed E-state index contributed by atoms with van der Waals surface area (Å²) in [6, 6.07) is 6.49. The molecule has 1 aromatic carbocycles. The van der Waals surface area contributed by atoms with Gasteiger partial charge in [0, 0.05) is 12.6 Å². The zero-order valence-electron chi connectivity index (χ0n) is 16.9. The van der Waals surface area contributed by atoms with Crippen LogP contribution in [0.3, 0.4) is 0 Å². The van der Waals surface area contributed by atoms with Gasteiger partial charge in [0.25, 0.3) is 5.91 Å². The van der Waals surface area contributed by atoms with Crippen LogP contribution in [0, 0.1) is 0 Å². The third-order valence-electron chi connectivity index (χ3n) is 4.68. The molecule has 1 aromatic rings. The molecule has 7 nitrogen and oxygen atoms in total. The predicted molar refractivity (Wildman–Crippen MR) is 106 cm³/mol. The van der Waals surface area contributed by atoms with Gasteiger partial charge in [0.05, 0.1) is 29.8 Å². The lowest BCUT2D eigenvalue weighted by atomic mass is 10.1. The highest BCUT2D eigenvalue weighted by atomic mass is 32.2. The first-order chi connectivity index (χ1) is 13.1. The zero-order valence-corrected chi connectivity index (χ0v) is 17.7. The highest BCUT2D eigenvalue weighted by Gasteiger charge is 2.36. The monoisotopic (exact) mass is 411 g/mol. The molecule has 28 heavy (non-hydrogen) atoms. The van der Waals surface area contributed by atoms with E-state index in [1.807, 2.05) is 13.8 Å². The molecule has 8 heteroatoms. The number of benzene rings is 1. The van der Waals surface area contributed by atoms with E-state index in [1.165, 1.54) is 11.8 Å². The molecule has 2 atom stereocenters. The quantitative estimate of drug-likeness (QED) is 0.609. The first-order valence-corrected chi connectivity index (χ1v) is 11.4. The lowest BCUT2D eigenvalue weighted by Crippen LogP contribution is -2.46. The maximum atomic E-state index is 12.7. The highest BCUT2D eigenvalue weighted by Crippen LogP contribution is 2.19. The minimum absolute atomic E-state index is 0.0346. The maximum absolute atomic E-state index is 12.7. The number of hydrogen-bond donors (Lipinski definition) is 0. The summed E-state index contributed by atoms with van der Waals surface area (Å²) in [5.41, 5.74) is 1.29. The first-order valence-electron chi connectivity index (χ1n) is 9.55. The lowest BCUT2D eigenvalue weighted by Gasteiger charge is -2.29. The molecular weight excluding hydrogens is 382 g/mol. The number of ether oxygens (including phenoxy) is 2. The average Bonchev–Trinajstić information content (AvgIpc) is 3.00. The maximum Gasteiger partial charge on any atom is 0.338 e. The molecule has 0 aliphatic carbocycles. The summed E-state index contributed by atoms with van der Waals surface area (Å²) >= 11 is 0. The summed E-state index contributed by atoms with van der Waals surface area (Å²) in [5, 5.41) is 0. The van der Waals surface area contributed by atoms with E-state index in [1.54, 1.807) is 31.2 Å². The first kappa shape index (κ1) is 22.4. The number of rotatable bonds is 8. The lowest BCUT2D eigenvalue weighted by molar-refractivity contribution is -0.141. The molecule has 1 amide bonds. The molecule has 2 rings (SSSR count). The van der Waals surface area contributed by atoms with Crippen molar-refractivity contribution in [3.05, 3.63) is 35.4 Å². The number of carbonyl (C=O) groups excluding carboxylic acids is 2. The Morgan fingerprint density at radius 3 is 2.32 bits per heavy atom. The van der Waals surface area contributed by atoms with Crippen LogP contribution in [0.2, 0.25) is 0 Å². The number of hydrogen-bond acceptors (Lipinski definition) is 6. The molecule has 0 saturated carbocycles. The van der Waals surface area contributed by atoms with E-state index >= 15 is 0 Å². The molecule has 0 aromatic heterocycles. The topological polar surface area (TPSA) is 90.0 Å². The summed E-state index contributed by atoms with van der Waals surface area (Å²) in [6.45, 7) is 8.02. The van der Waals surface area contributed by atoms with Gasteiger partial charge >= 0.3 is 5.97 Å². The van der Waals surface area contributed by atoms with Crippen molar-refractivity contribution in [2.45, 2.75) is 59.0 Å². The van der Waals surface area contributed by atoms with Gasteiger partial charge in [0.15, 0.2) is 15.9 Å². The van der Waals surface area contributed by atoms with Crippen molar-refractivity contribution in [2.24, 2.45) is 0 Å². The van der Waals surface area contributed by atoms with E-state index in [9.17, 15) is 18.0 Å². The van der Waals surface area contributed by atoms with Crippen LogP contribution < -0.4 is 0 Å². The van der Waals surface area contributed by atoms with Crippen LogP contribution in [0.15, 0.2) is 24.3 Å². The van der Waals surface area contributed by atoms with Gasteiger partial charge in [-0.1, -0.05) is 12.1 Å². The Morgan fingerprint density at radius 2 is 1.82 bits per heavy atom. The van der Waals surface area contributed by atoms with Gasteiger partial charge in [0.2, 0.25) is 0 Å². The van der Waals surface area contributed by atoms with Crippen molar-refractivity contribution in [3.63, 3.8) is 0 Å². The minimum Gasteiger partial charge on any atom is -0.449 e. The van der Waals surface area contributed by atoms with Crippen LogP contribution >= 0.6 is 0 Å². The van der Waals surface area contributed by atoms with Gasteiger partial charge in [-0.2, -0.15) is 0 Å². The van der Waals surface area contributed by atoms with Crippen LogP contribution in [-0.2, 0) is 30.7 Å². The highest BCUT2D eigenvalue weighted by molar-refractivity contribution is 7.91. The summed E-state index contributed by atoms with van der Waals surface area (Å²) in [7, 11) is -3.10. The third kappa shape index (κ3) is 6.04. The largest absolute Gasteiger partial charge is 0.449 e. The van der Waals surface area contributed by atoms with Gasteiger partial charge < -0.3 is 14.4 Å². The molecule has 1 aliphatic heterocycles. The van der Waals surface area contributed by atoms with E-state index < -0.39 is 21.9 Å². The molecule has 156 valence electrons. The molecule has 1 fully saturated rings. The van der Waals surface area contributed by atoms with E-state index in [-0.39, 0.29) is 29.6 Å². The van der Waals surface area contributed by atoms with Gasteiger partial charge in [0.1, 0.15) is 0 Å². The second-order valence-corrected chi connectivity index (χ2v) is 9.51. The molecule has 1 saturated heterocycles. The fourth-order valence-electron chi connectivity index (χ4n) is 3.13. The molecule has 0 radical (unpaired) electrons. The van der Waals surface area contributed by atoms with Gasteiger partial charge in [-0.25, -0.2) is 13.2 Å². The van der Waals surface area contributed by atoms with Crippen molar-refractivity contribution in [1.29, 1.82) is 0 Å². The average molecular weight is 412 g/mol. The molecule has 1 heterocycles. The molecule has 1 aliphatic rings. The second-order valence-electron chi connectivity index (χ2n) is 7.29. The van der Waals surface area contributed by atoms with Gasteiger partial charge in [-0.15, -0.1) is 0 Å². The Balaban J connectivity index is 1.96. The Hall–Kier alpha value is -1.93. The summed E-state index contributed by atoms with van der Waals surface area (Å²) in [5.74, 6) is -0.914. The fourth-order valence-corrected chi connectivity index (χ4v) is 4.86. The Morgan fingerprint density at radius 1 is 1.18 bits per heavy atom. The van der Waals surface area contributed by atoms with E-state index in [0.29, 0.717) is 25.1 Å². The third-order valence-corrected chi connectivity index (χ3v) is 6.43. The SMILES string of the molecule is CCN(C(=O)[C@@H](C)OC(=O)c1ccc(COC(C)C)cc1)[C@H]1CCS(=O)(=O)C1. The normalized spacial score (nSPS) is 19.4. The smallest absolute Gasteiger partial charge is 0.338 e. The number of nitrogens with zero attached hydrogens (tertiary/aromatic N) is 1. The predicted octanol–water partition coefficient (Wildman–Crippen LogP) is 2.19. The zero-order chi connectivity index (χ0) is 20.9. The standard InChI is InChI=1S/C20H29NO6S/c1-5-21(18-10-11-28(24,25)13-18)19(22)15(4)27-20(23)17-8-6-16(7-9-17)12-26-14(2)3/h6-9,14-15,18H,5,10-13H2,1-4H3/t15-,18+/m1/s1. The number of esters is 1. The number of amides is 1. The Bertz CT molecular complexity index is 787. The summed E-state index contributed by atoms with van der Waals surface area (Å²) in [6.07, 6.45) is -0.449. The van der Waals surface area contributed by atoms with E-state index in [4.69, 9.17) is 9.47 Å². The van der Waals surface area contributed by atoms with Crippen molar-refractivity contribution in [3.8, 4) is 0 Å². The minimum atomic E-state index is -3.10. The summed E-state index contributed by atoms with van der Waals surface area (Å²) < 4.78 is 34.2. The van der Waals surface area contributed by atoms with Crippen LogP contribution in [0.25, 0.3) is 0 Å². The van der Waals surface area contributed by atoms with Crippen LogP contribution in [-0.4, -0.2) is 61.5 Å². The summed E-state index contributed by atoms with van der Waals surface area (Å²) in [4.78, 5) is 26.5. The van der Waals surface area contributed by atoms with Gasteiger partial charge in [-0.3, -0.25) is 4.79 Å². The number of likely N-dealkylation sites (N-methyl/N-ethyl adjacent to an activating group) is 1. The molecular formula is C20H29NO6S. The van der Waals surface area contributed by atoms with E-state index in [2.05, 4.69) is 0 Å². The fraction of sp³-hybridized carbons (Fsp3) is 0.600. The molecule has 0 unspecified atom stereocenters. The van der Waals surface area contributed by atoms with Crippen LogP contribution in [0.4, 0.5) is 0 Å².